The molecule has 1 aliphatic heterocycles. The molecule has 0 radical (unpaired) electrons. The first kappa shape index (κ1) is 19.4. The van der Waals surface area contributed by atoms with E-state index in [0.717, 1.165) is 0 Å². The number of aliphatic hydroxyl groups is 2. The Labute approximate surface area is 134 Å². The molecule has 1 saturated heterocycles. The van der Waals surface area contributed by atoms with Crippen molar-refractivity contribution in [1.82, 2.24) is 0 Å². The monoisotopic (exact) mass is 329 g/mol. The van der Waals surface area contributed by atoms with Gasteiger partial charge in [-0.15, -0.1) is 0 Å². The maximum Gasteiger partial charge on any atom is 0.333 e. The number of carbonyl (C=O) groups excluding carboxylic acids is 1. The number of hydrogen-bond acceptors (Lipinski definition) is 7. The Morgan fingerprint density at radius 2 is 1.96 bits per heavy atom. The number of hydrogen-bond donors (Lipinski definition) is 2. The van der Waals surface area contributed by atoms with Gasteiger partial charge in [0.2, 0.25) is 0 Å². The summed E-state index contributed by atoms with van der Waals surface area (Å²) in [4.78, 5) is 14.1. The van der Waals surface area contributed by atoms with Crippen LogP contribution < -0.4 is 0 Å². The van der Waals surface area contributed by atoms with Gasteiger partial charge < -0.3 is 24.4 Å². The molecule has 1 rings (SSSR count). The number of aliphatic hydroxyl groups excluding tert-OH is 2. The minimum atomic E-state index is -1.15. The second-order valence-corrected chi connectivity index (χ2v) is 5.64. The lowest BCUT2D eigenvalue weighted by Crippen LogP contribution is -2.43. The molecule has 0 saturated carbocycles. The molecule has 0 bridgehead atoms. The van der Waals surface area contributed by atoms with Gasteiger partial charge in [0.25, 0.3) is 0 Å². The molecule has 1 aliphatic rings. The van der Waals surface area contributed by atoms with Gasteiger partial charge in [0.1, 0.15) is 12.2 Å². The molecule has 130 valence electrons. The zero-order valence-electron chi connectivity index (χ0n) is 13.5. The van der Waals surface area contributed by atoms with Crippen LogP contribution in [0, 0.1) is 0 Å². The lowest BCUT2D eigenvalue weighted by molar-refractivity contribution is -0.160. The number of ether oxygens (including phenoxy) is 3. The minimum absolute atomic E-state index is 0.0896. The summed E-state index contributed by atoms with van der Waals surface area (Å²) < 4.78 is 16.0. The van der Waals surface area contributed by atoms with E-state index in [1.807, 2.05) is 0 Å². The predicted octanol–water partition coefficient (Wildman–Crippen LogP) is 1.05. The van der Waals surface area contributed by atoms with Gasteiger partial charge in [-0.05, 0) is 26.3 Å². The average molecular weight is 329 g/mol. The summed E-state index contributed by atoms with van der Waals surface area (Å²) in [6, 6.07) is 0. The average Bonchev–Trinajstić information content (AvgIpc) is 2.81. The molecule has 0 aromatic heterocycles. The summed E-state index contributed by atoms with van der Waals surface area (Å²) in [5.74, 6) is -1.63. The molecular formula is C14H23N3O6. The molecule has 0 aliphatic carbocycles. The maximum atomic E-state index is 11.6. The van der Waals surface area contributed by atoms with Crippen molar-refractivity contribution in [2.24, 2.45) is 5.11 Å². The molecule has 0 spiro atoms. The Morgan fingerprint density at radius 3 is 2.48 bits per heavy atom. The zero-order valence-corrected chi connectivity index (χ0v) is 13.5. The van der Waals surface area contributed by atoms with Crippen LogP contribution in [-0.4, -0.2) is 59.5 Å². The van der Waals surface area contributed by atoms with Gasteiger partial charge in [-0.25, -0.2) is 4.79 Å². The van der Waals surface area contributed by atoms with Crippen LogP contribution >= 0.6 is 0 Å². The summed E-state index contributed by atoms with van der Waals surface area (Å²) in [5, 5.41) is 23.7. The highest BCUT2D eigenvalue weighted by Crippen LogP contribution is 2.33. The topological polar surface area (TPSA) is 134 Å². The highest BCUT2D eigenvalue weighted by Gasteiger charge is 2.47. The summed E-state index contributed by atoms with van der Waals surface area (Å²) in [5.41, 5.74) is 8.42. The van der Waals surface area contributed by atoms with E-state index in [0.29, 0.717) is 0 Å². The van der Waals surface area contributed by atoms with Gasteiger partial charge in [0, 0.05) is 16.9 Å². The summed E-state index contributed by atoms with van der Waals surface area (Å²) in [6.45, 7) is 8.50. The van der Waals surface area contributed by atoms with Gasteiger partial charge in [-0.2, -0.15) is 0 Å². The number of nitrogens with zero attached hydrogens (tertiary/aromatic N) is 3. The first-order valence-electron chi connectivity index (χ1n) is 7.29. The van der Waals surface area contributed by atoms with E-state index in [9.17, 15) is 15.0 Å². The molecule has 1 heterocycles. The van der Waals surface area contributed by atoms with Crippen LogP contribution in [0.5, 0.6) is 0 Å². The van der Waals surface area contributed by atoms with Gasteiger partial charge >= 0.3 is 5.97 Å². The largest absolute Gasteiger partial charge is 0.463 e. The van der Waals surface area contributed by atoms with Crippen molar-refractivity contribution in [1.29, 1.82) is 0 Å². The Kier molecular flexibility index (Phi) is 6.99. The highest BCUT2D eigenvalue weighted by molar-refractivity contribution is 5.87. The number of azide groups is 1. The van der Waals surface area contributed by atoms with Crippen molar-refractivity contribution < 1.29 is 29.2 Å². The first-order chi connectivity index (χ1) is 10.7. The van der Waals surface area contributed by atoms with E-state index in [-0.39, 0.29) is 25.1 Å². The fourth-order valence-corrected chi connectivity index (χ4v) is 2.32. The SMILES string of the molecule is C=C(C[C@@H](O)[C@H]1OC(C)(C)O[C@@H]1[C@H](O)CN=[N+]=[N-])C(=O)OCC. The Balaban J connectivity index is 2.78. The quantitative estimate of drug-likeness (QED) is 0.225. The van der Waals surface area contributed by atoms with Crippen LogP contribution in [0.3, 0.4) is 0 Å². The van der Waals surface area contributed by atoms with E-state index in [2.05, 4.69) is 16.6 Å². The summed E-state index contributed by atoms with van der Waals surface area (Å²) in [6.07, 6.45) is -4.18. The molecule has 2 N–H and O–H groups in total. The van der Waals surface area contributed by atoms with E-state index in [1.54, 1.807) is 20.8 Å². The molecule has 0 amide bonds. The second-order valence-electron chi connectivity index (χ2n) is 5.64. The van der Waals surface area contributed by atoms with Gasteiger partial charge in [0.15, 0.2) is 5.79 Å². The molecule has 4 atom stereocenters. The van der Waals surface area contributed by atoms with Crippen molar-refractivity contribution in [3.63, 3.8) is 0 Å². The Bertz CT molecular complexity index is 489. The van der Waals surface area contributed by atoms with Crippen LogP contribution in [0.25, 0.3) is 10.4 Å². The standard InChI is InChI=1S/C14H23N3O6/c1-5-21-13(20)8(2)6-9(18)11-12(10(19)7-16-17-15)23-14(3,4)22-11/h9-12,18-19H,2,5-7H2,1,3-4H3/t9-,10-,11-,12-/m1/s1. The number of esters is 1. The van der Waals surface area contributed by atoms with Gasteiger partial charge in [-0.1, -0.05) is 11.7 Å². The second kappa shape index (κ2) is 8.28. The molecule has 1 fully saturated rings. The number of carbonyl (C=O) groups is 1. The Morgan fingerprint density at radius 1 is 1.39 bits per heavy atom. The maximum absolute atomic E-state index is 11.6. The lowest BCUT2D eigenvalue weighted by atomic mass is 9.98. The lowest BCUT2D eigenvalue weighted by Gasteiger charge is -2.25. The van der Waals surface area contributed by atoms with Crippen LogP contribution in [0.1, 0.15) is 27.2 Å². The van der Waals surface area contributed by atoms with Crippen molar-refractivity contribution in [3.05, 3.63) is 22.6 Å². The molecule has 23 heavy (non-hydrogen) atoms. The van der Waals surface area contributed by atoms with Crippen LogP contribution in [0.4, 0.5) is 0 Å². The van der Waals surface area contributed by atoms with Crippen LogP contribution in [0.15, 0.2) is 17.3 Å². The molecular weight excluding hydrogens is 306 g/mol. The first-order valence-corrected chi connectivity index (χ1v) is 7.29. The van der Waals surface area contributed by atoms with E-state index >= 15 is 0 Å². The van der Waals surface area contributed by atoms with E-state index < -0.39 is 36.2 Å². The van der Waals surface area contributed by atoms with Crippen molar-refractivity contribution in [2.75, 3.05) is 13.2 Å². The van der Waals surface area contributed by atoms with E-state index in [1.165, 1.54) is 0 Å². The third-order valence-electron chi connectivity index (χ3n) is 3.27. The summed E-state index contributed by atoms with van der Waals surface area (Å²) >= 11 is 0. The highest BCUT2D eigenvalue weighted by atomic mass is 16.8. The fraction of sp³-hybridized carbons (Fsp3) is 0.786. The predicted molar refractivity (Wildman–Crippen MR) is 80.2 cm³/mol. The van der Waals surface area contributed by atoms with Gasteiger partial charge in [-0.3, -0.25) is 0 Å². The van der Waals surface area contributed by atoms with Crippen LogP contribution in [0.2, 0.25) is 0 Å². The van der Waals surface area contributed by atoms with Crippen molar-refractivity contribution >= 4 is 5.97 Å². The zero-order chi connectivity index (χ0) is 17.6. The molecule has 0 aromatic rings. The van der Waals surface area contributed by atoms with Crippen LogP contribution in [-0.2, 0) is 19.0 Å². The van der Waals surface area contributed by atoms with Crippen molar-refractivity contribution in [2.45, 2.75) is 57.4 Å². The van der Waals surface area contributed by atoms with Gasteiger partial charge in [0.05, 0.1) is 25.4 Å². The molecule has 9 nitrogen and oxygen atoms in total. The fourth-order valence-electron chi connectivity index (χ4n) is 2.32. The number of rotatable bonds is 8. The normalized spacial score (nSPS) is 25.3. The minimum Gasteiger partial charge on any atom is -0.463 e. The molecule has 9 heteroatoms. The Hall–Kier alpha value is -1.64. The van der Waals surface area contributed by atoms with E-state index in [4.69, 9.17) is 19.7 Å². The third kappa shape index (κ3) is 5.49. The molecule has 0 aromatic carbocycles. The third-order valence-corrected chi connectivity index (χ3v) is 3.27. The molecule has 0 unspecified atom stereocenters. The summed E-state index contributed by atoms with van der Waals surface area (Å²) in [7, 11) is 0. The van der Waals surface area contributed by atoms with Crippen molar-refractivity contribution in [3.8, 4) is 0 Å². The smallest absolute Gasteiger partial charge is 0.333 e.